The summed E-state index contributed by atoms with van der Waals surface area (Å²) in [7, 11) is 3.81. The molecule has 0 aliphatic carbocycles. The first kappa shape index (κ1) is 51.3. The fraction of sp³-hybridized carbons (Fsp3) is 0.222. The lowest BCUT2D eigenvalue weighted by Gasteiger charge is -2.21. The fourth-order valence-corrected chi connectivity index (χ4v) is 7.20. The van der Waals surface area contributed by atoms with Gasteiger partial charge in [0.15, 0.2) is 0 Å². The zero-order valence-electron chi connectivity index (χ0n) is 34.1. The van der Waals surface area contributed by atoms with E-state index < -0.39 is 35.6 Å². The van der Waals surface area contributed by atoms with E-state index >= 15 is 0 Å². The molecule has 13 nitrogen and oxygen atoms in total. The number of aliphatic carboxylic acids is 4. The predicted octanol–water partition coefficient (Wildman–Crippen LogP) is 9.39. The van der Waals surface area contributed by atoms with Gasteiger partial charge in [-0.3, -0.25) is 4.98 Å². The average molecular weight is 1000 g/mol. The van der Waals surface area contributed by atoms with Crippen LogP contribution in [0.15, 0.2) is 121 Å². The van der Waals surface area contributed by atoms with E-state index in [1.54, 1.807) is 35.6 Å². The summed E-state index contributed by atoms with van der Waals surface area (Å²) in [4.78, 5) is 42.5. The molecule has 0 amide bonds. The number of hydrogen-bond acceptors (Lipinski definition) is 10. The number of rotatable bonds is 14. The van der Waals surface area contributed by atoms with E-state index in [9.17, 15) is 22.8 Å². The molecule has 6 rings (SSSR count). The van der Waals surface area contributed by atoms with Gasteiger partial charge in [-0.2, -0.15) is 13.2 Å². The molecular weight excluding hydrogens is 958 g/mol. The van der Waals surface area contributed by atoms with Crippen LogP contribution in [0.3, 0.4) is 0 Å². The van der Waals surface area contributed by atoms with Gasteiger partial charge in [-0.25, -0.2) is 19.2 Å². The topological polar surface area (TPSA) is 205 Å². The maximum absolute atomic E-state index is 13.3. The molecule has 334 valence electrons. The van der Waals surface area contributed by atoms with Gasteiger partial charge in [0.2, 0.25) is 0 Å². The molecule has 0 radical (unpaired) electrons. The van der Waals surface area contributed by atoms with Crippen LogP contribution in [0.4, 0.5) is 13.2 Å². The first-order chi connectivity index (χ1) is 29.9. The predicted molar refractivity (Wildman–Crippen MR) is 242 cm³/mol. The number of ether oxygens (including phenoxy) is 2. The molecule has 18 heteroatoms. The SMILES string of the molecule is CNCCC(Oc1cc(C(F)(F)F)cc2ccccc12)c1sccc1C.CNCCC(Oc1cccc2cc(I)ccc12)c1ccncc1.O=C(O)/C=C\C(=O)O.O=C(O)C(=O)O. The summed E-state index contributed by atoms with van der Waals surface area (Å²) >= 11 is 3.90. The second kappa shape index (κ2) is 25.8. The molecule has 0 aliphatic rings. The van der Waals surface area contributed by atoms with Gasteiger partial charge in [-0.15, -0.1) is 11.3 Å². The molecule has 0 fully saturated rings. The van der Waals surface area contributed by atoms with Gasteiger partial charge in [0.1, 0.15) is 23.7 Å². The molecule has 0 spiro atoms. The Hall–Kier alpha value is -6.09. The van der Waals surface area contributed by atoms with Crippen molar-refractivity contribution in [3.63, 3.8) is 0 Å². The van der Waals surface area contributed by atoms with E-state index in [0.717, 1.165) is 46.2 Å². The lowest BCUT2D eigenvalue weighted by molar-refractivity contribution is -0.159. The highest BCUT2D eigenvalue weighted by Crippen LogP contribution is 2.39. The molecule has 4 aromatic carbocycles. The number of nitrogens with zero attached hydrogens (tertiary/aromatic N) is 1. The largest absolute Gasteiger partial charge is 0.485 e. The summed E-state index contributed by atoms with van der Waals surface area (Å²) < 4.78 is 53.7. The highest BCUT2D eigenvalue weighted by molar-refractivity contribution is 14.1. The van der Waals surface area contributed by atoms with Gasteiger partial charge in [-0.05, 0) is 139 Å². The number of carboxylic acid groups (broad SMARTS) is 4. The Bertz CT molecular complexity index is 2440. The number of aromatic nitrogens is 1. The lowest BCUT2D eigenvalue weighted by atomic mass is 10.0. The van der Waals surface area contributed by atoms with Crippen LogP contribution in [0.2, 0.25) is 0 Å². The van der Waals surface area contributed by atoms with Crippen molar-refractivity contribution in [2.45, 2.75) is 38.1 Å². The minimum atomic E-state index is -4.42. The Morgan fingerprint density at radius 3 is 1.84 bits per heavy atom. The van der Waals surface area contributed by atoms with E-state index in [1.165, 1.54) is 15.0 Å². The fourth-order valence-electron chi connectivity index (χ4n) is 5.69. The molecule has 0 bridgehead atoms. The molecular formula is C45H45F3IN3O10S. The normalized spacial score (nSPS) is 11.8. The zero-order valence-corrected chi connectivity index (χ0v) is 37.1. The Morgan fingerprint density at radius 2 is 1.29 bits per heavy atom. The van der Waals surface area contributed by atoms with Crippen LogP contribution in [0.25, 0.3) is 21.5 Å². The minimum Gasteiger partial charge on any atom is -0.485 e. The maximum Gasteiger partial charge on any atom is 0.416 e. The molecule has 6 N–H and O–H groups in total. The Labute approximate surface area is 378 Å². The van der Waals surface area contributed by atoms with E-state index in [4.69, 9.17) is 39.5 Å². The number of thiophene rings is 1. The van der Waals surface area contributed by atoms with Crippen LogP contribution in [0, 0.1) is 10.5 Å². The highest BCUT2D eigenvalue weighted by Gasteiger charge is 2.32. The number of pyridine rings is 1. The summed E-state index contributed by atoms with van der Waals surface area (Å²) in [6.45, 7) is 3.60. The number of benzene rings is 4. The third-order valence-corrected chi connectivity index (χ3v) is 10.4. The summed E-state index contributed by atoms with van der Waals surface area (Å²) in [5.41, 5.74) is 1.55. The molecule has 0 saturated heterocycles. The van der Waals surface area contributed by atoms with E-state index in [0.29, 0.717) is 35.9 Å². The van der Waals surface area contributed by atoms with Gasteiger partial charge in [0, 0.05) is 56.6 Å². The number of hydrogen-bond donors (Lipinski definition) is 6. The monoisotopic (exact) mass is 1000 g/mol. The van der Waals surface area contributed by atoms with Crippen molar-refractivity contribution in [1.82, 2.24) is 15.6 Å². The first-order valence-electron chi connectivity index (χ1n) is 18.9. The van der Waals surface area contributed by atoms with Crippen LogP contribution in [0.1, 0.15) is 46.6 Å². The third kappa shape index (κ3) is 17.3. The molecule has 63 heavy (non-hydrogen) atoms. The van der Waals surface area contributed by atoms with Gasteiger partial charge in [-0.1, -0.05) is 36.4 Å². The molecule has 6 aromatic rings. The molecule has 2 heterocycles. The second-order valence-corrected chi connectivity index (χ2v) is 15.4. The Morgan fingerprint density at radius 1 is 0.730 bits per heavy atom. The minimum absolute atomic E-state index is 0.00956. The third-order valence-electron chi connectivity index (χ3n) is 8.63. The van der Waals surface area contributed by atoms with Crippen molar-refractivity contribution in [3.8, 4) is 11.5 Å². The quantitative estimate of drug-likeness (QED) is 0.0342. The van der Waals surface area contributed by atoms with E-state index in [1.807, 2.05) is 63.1 Å². The summed E-state index contributed by atoms with van der Waals surface area (Å²) in [6.07, 6.45) is 1.62. The summed E-state index contributed by atoms with van der Waals surface area (Å²) in [6, 6.07) is 28.0. The number of alkyl halides is 3. The zero-order chi connectivity index (χ0) is 46.5. The highest BCUT2D eigenvalue weighted by atomic mass is 127. The number of carboxylic acids is 4. The van der Waals surface area contributed by atoms with Crippen molar-refractivity contribution in [3.05, 3.63) is 146 Å². The van der Waals surface area contributed by atoms with Gasteiger partial charge in [0.25, 0.3) is 0 Å². The Balaban J connectivity index is 0.000000259. The molecule has 2 unspecified atom stereocenters. The van der Waals surface area contributed by atoms with Crippen LogP contribution < -0.4 is 20.1 Å². The standard InChI is InChI=1S/C20H20F3NOS.C19H19IN2O.C4H4O4.C2H2O4/c1-13-8-10-26-19(13)17(7-9-24-2)25-18-12-15(20(21,22)23)11-14-5-3-4-6-16(14)18;1-21-10-9-18(14-7-11-22-12-8-14)23-19-4-2-3-15-13-16(20)5-6-17(15)19;5-3(6)1-2-4(7)8;3-1(4)2(5)6/h3-6,8,10-12,17,24H,7,9H2,1-2H3;2-8,11-13,18,21H,9-10H2,1H3;1-2H,(H,5,6)(H,7,8);(H,3,4)(H,5,6)/b;;2-1-;. The number of aryl methyl sites for hydroxylation is 1. The van der Waals surface area contributed by atoms with Crippen LogP contribution in [-0.4, -0.2) is 76.5 Å². The molecule has 2 atom stereocenters. The van der Waals surface area contributed by atoms with Crippen molar-refractivity contribution in [2.75, 3.05) is 27.2 Å². The molecule has 0 aliphatic heterocycles. The summed E-state index contributed by atoms with van der Waals surface area (Å²) in [5, 5.41) is 42.2. The maximum atomic E-state index is 13.3. The number of fused-ring (bicyclic) bond motifs is 2. The Kier molecular flexibility index (Phi) is 21.0. The number of nitrogens with one attached hydrogen (secondary N) is 2. The first-order valence-corrected chi connectivity index (χ1v) is 20.9. The molecule has 0 saturated carbocycles. The van der Waals surface area contributed by atoms with Gasteiger partial charge >= 0.3 is 30.1 Å². The van der Waals surface area contributed by atoms with Gasteiger partial charge in [0.05, 0.1) is 5.56 Å². The number of halogens is 4. The lowest BCUT2D eigenvalue weighted by Crippen LogP contribution is -2.16. The van der Waals surface area contributed by atoms with E-state index in [2.05, 4.69) is 68.5 Å². The summed E-state index contributed by atoms with van der Waals surface area (Å²) in [5.74, 6) is -4.97. The van der Waals surface area contributed by atoms with Crippen LogP contribution in [-0.2, 0) is 25.4 Å². The van der Waals surface area contributed by atoms with Crippen LogP contribution in [0.5, 0.6) is 11.5 Å². The molecule has 2 aromatic heterocycles. The van der Waals surface area contributed by atoms with Crippen molar-refractivity contribution in [2.24, 2.45) is 0 Å². The van der Waals surface area contributed by atoms with Crippen molar-refractivity contribution in [1.29, 1.82) is 0 Å². The number of carbonyl (C=O) groups is 4. The van der Waals surface area contributed by atoms with E-state index in [-0.39, 0.29) is 18.0 Å². The van der Waals surface area contributed by atoms with Crippen molar-refractivity contribution >= 4 is 79.3 Å². The second-order valence-electron chi connectivity index (χ2n) is 13.2. The van der Waals surface area contributed by atoms with Crippen molar-refractivity contribution < 1.29 is 62.2 Å². The van der Waals surface area contributed by atoms with Gasteiger partial charge < -0.3 is 40.5 Å². The average Bonchev–Trinajstić information content (AvgIpc) is 3.68. The smallest absolute Gasteiger partial charge is 0.416 e. The van der Waals surface area contributed by atoms with Crippen LogP contribution >= 0.6 is 33.9 Å².